The zero-order valence-corrected chi connectivity index (χ0v) is 21.4. The lowest BCUT2D eigenvalue weighted by atomic mass is 9.32. The minimum absolute atomic E-state index is 0.0164. The summed E-state index contributed by atoms with van der Waals surface area (Å²) in [7, 11) is 0. The van der Waals surface area contributed by atoms with Crippen molar-refractivity contribution < 1.29 is 39.6 Å². The summed E-state index contributed by atoms with van der Waals surface area (Å²) < 4.78 is 0. The van der Waals surface area contributed by atoms with Crippen molar-refractivity contribution in [3.63, 3.8) is 0 Å². The molecule has 2 bridgehead atoms. The van der Waals surface area contributed by atoms with Crippen LogP contribution in [0.4, 0.5) is 0 Å². The number of hydrogen-bond acceptors (Lipinski definition) is 8. The van der Waals surface area contributed by atoms with Crippen LogP contribution in [0.1, 0.15) is 43.6 Å². The van der Waals surface area contributed by atoms with Crippen LogP contribution in [0.5, 0.6) is 0 Å². The number of rotatable bonds is 3. The van der Waals surface area contributed by atoms with Gasteiger partial charge in [-0.1, -0.05) is 60.7 Å². The first-order valence-corrected chi connectivity index (χ1v) is 12.3. The second-order valence-electron chi connectivity index (χ2n) is 11.0. The summed E-state index contributed by atoms with van der Waals surface area (Å²) in [6.45, 7) is 4.67. The molecule has 6 atom stereocenters. The maximum Gasteiger partial charge on any atom is 0.179 e. The topological polar surface area (TPSA) is 149 Å². The largest absolute Gasteiger partial charge is 0.509 e. The Morgan fingerprint density at radius 2 is 1.29 bits per heavy atom. The Balaban J connectivity index is 1.97. The van der Waals surface area contributed by atoms with E-state index in [4.69, 9.17) is 0 Å². The fraction of sp³-hybridized carbons (Fsp3) is 0.333. The standard InChI is InChI=1S/C30H28O8/c1-15-22(32)29(4,38)21-19-18(20(31)16-11-7-5-8-12-16)25(35)27(2,26(36)28(19,3)37)30(21,23(15)33)24(34)17-13-9-6-10-14-17/h5-14,19,21,31-32,37-38H,1-4H3/b20-18-/t19-,21-,27-,28+,29+,30-/m1/s1. The number of fused-ring (bicyclic) bond motifs is 2. The number of aliphatic hydroxyl groups is 4. The van der Waals surface area contributed by atoms with Crippen LogP contribution in [0.25, 0.3) is 5.76 Å². The first kappa shape index (κ1) is 25.8. The number of carbonyl (C=O) groups excluding carboxylic acids is 4. The van der Waals surface area contributed by atoms with Crippen LogP contribution < -0.4 is 0 Å². The van der Waals surface area contributed by atoms with Gasteiger partial charge in [-0.3, -0.25) is 19.2 Å². The summed E-state index contributed by atoms with van der Waals surface area (Å²) in [5.41, 5.74) is -10.3. The Morgan fingerprint density at radius 3 is 1.82 bits per heavy atom. The summed E-state index contributed by atoms with van der Waals surface area (Å²) in [6.07, 6.45) is 0. The molecule has 4 aliphatic rings. The highest BCUT2D eigenvalue weighted by Gasteiger charge is 2.85. The van der Waals surface area contributed by atoms with Crippen LogP contribution in [0.2, 0.25) is 0 Å². The molecule has 0 amide bonds. The van der Waals surface area contributed by atoms with Gasteiger partial charge in [0.05, 0.1) is 0 Å². The highest BCUT2D eigenvalue weighted by atomic mass is 16.3. The van der Waals surface area contributed by atoms with E-state index in [-0.39, 0.29) is 22.3 Å². The second-order valence-corrected chi connectivity index (χ2v) is 11.0. The van der Waals surface area contributed by atoms with Crippen molar-refractivity contribution in [3.8, 4) is 0 Å². The van der Waals surface area contributed by atoms with Gasteiger partial charge in [0.1, 0.15) is 33.6 Å². The van der Waals surface area contributed by atoms with E-state index >= 15 is 0 Å². The molecule has 0 saturated heterocycles. The number of aliphatic hydroxyl groups excluding tert-OH is 2. The lowest BCUT2D eigenvalue weighted by molar-refractivity contribution is -0.214. The first-order valence-electron chi connectivity index (χ1n) is 12.3. The maximum atomic E-state index is 14.4. The SMILES string of the molecule is CC1=C(O)[C@@](C)(O)[C@H]2[C@H]3/C(=C(/O)c4ccccc4)C(=O)[C@](C)(C(=O)[C@@]3(C)O)[C@@]2(C(=O)c2ccccc2)C1=O. The number of ketones is 4. The summed E-state index contributed by atoms with van der Waals surface area (Å²) in [5.74, 6) is -8.60. The minimum Gasteiger partial charge on any atom is -0.509 e. The molecule has 3 fully saturated rings. The van der Waals surface area contributed by atoms with Crippen LogP contribution in [-0.2, 0) is 14.4 Å². The molecule has 0 heterocycles. The minimum atomic E-state index is -2.52. The van der Waals surface area contributed by atoms with Gasteiger partial charge < -0.3 is 20.4 Å². The molecule has 8 nitrogen and oxygen atoms in total. The average Bonchev–Trinajstić information content (AvgIpc) is 2.91. The van der Waals surface area contributed by atoms with Crippen LogP contribution >= 0.6 is 0 Å². The third-order valence-corrected chi connectivity index (χ3v) is 8.95. The van der Waals surface area contributed by atoms with Crippen molar-refractivity contribution in [1.29, 1.82) is 0 Å². The first-order chi connectivity index (χ1) is 17.7. The molecule has 6 rings (SSSR count). The number of hydrogen-bond donors (Lipinski definition) is 4. The predicted molar refractivity (Wildman–Crippen MR) is 136 cm³/mol. The molecular weight excluding hydrogens is 488 g/mol. The molecule has 8 heteroatoms. The Kier molecular flexibility index (Phi) is 5.30. The van der Waals surface area contributed by atoms with E-state index in [1.165, 1.54) is 38.1 Å². The van der Waals surface area contributed by atoms with E-state index in [1.807, 2.05) is 0 Å². The van der Waals surface area contributed by atoms with Crippen molar-refractivity contribution in [3.05, 3.63) is 88.7 Å². The lowest BCUT2D eigenvalue weighted by Gasteiger charge is -2.67. The molecule has 196 valence electrons. The van der Waals surface area contributed by atoms with Gasteiger partial charge in [-0.05, 0) is 27.7 Å². The highest BCUT2D eigenvalue weighted by Crippen LogP contribution is 2.71. The van der Waals surface area contributed by atoms with Gasteiger partial charge in [-0.2, -0.15) is 0 Å². The van der Waals surface area contributed by atoms with Gasteiger partial charge in [-0.25, -0.2) is 0 Å². The van der Waals surface area contributed by atoms with Gasteiger partial charge in [0, 0.05) is 34.1 Å². The Hall–Kier alpha value is -3.88. The zero-order chi connectivity index (χ0) is 28.0. The molecule has 38 heavy (non-hydrogen) atoms. The molecule has 0 aromatic heterocycles. The lowest BCUT2D eigenvalue weighted by Crippen LogP contribution is -2.82. The number of Topliss-reactive ketones (excluding diaryl/α,β-unsaturated/α-hetero) is 4. The van der Waals surface area contributed by atoms with E-state index < -0.39 is 68.5 Å². The van der Waals surface area contributed by atoms with Crippen LogP contribution in [0.15, 0.2) is 77.6 Å². The van der Waals surface area contributed by atoms with Gasteiger partial charge >= 0.3 is 0 Å². The van der Waals surface area contributed by atoms with E-state index in [2.05, 4.69) is 0 Å². The molecule has 0 radical (unpaired) electrons. The Labute approximate surface area is 218 Å². The van der Waals surface area contributed by atoms with Gasteiger partial charge in [0.15, 0.2) is 23.1 Å². The summed E-state index contributed by atoms with van der Waals surface area (Å²) >= 11 is 0. The van der Waals surface area contributed by atoms with Crippen LogP contribution in [0.3, 0.4) is 0 Å². The maximum absolute atomic E-state index is 14.4. The molecule has 0 unspecified atom stereocenters. The molecule has 0 aliphatic heterocycles. The van der Waals surface area contributed by atoms with E-state index in [0.717, 1.165) is 13.8 Å². The summed E-state index contributed by atoms with van der Waals surface area (Å²) in [5, 5.41) is 45.9. The third kappa shape index (κ3) is 2.71. The number of carbonyl (C=O) groups is 4. The highest BCUT2D eigenvalue weighted by molar-refractivity contribution is 6.34. The van der Waals surface area contributed by atoms with Crippen molar-refractivity contribution in [2.45, 2.75) is 38.9 Å². The fourth-order valence-corrected chi connectivity index (χ4v) is 7.19. The predicted octanol–water partition coefficient (Wildman–Crippen LogP) is 3.15. The van der Waals surface area contributed by atoms with Crippen molar-refractivity contribution in [2.24, 2.45) is 22.7 Å². The molecule has 4 N–H and O–H groups in total. The monoisotopic (exact) mass is 516 g/mol. The fourth-order valence-electron chi connectivity index (χ4n) is 7.19. The molecule has 2 aromatic carbocycles. The van der Waals surface area contributed by atoms with Gasteiger partial charge in [-0.15, -0.1) is 0 Å². The summed E-state index contributed by atoms with van der Waals surface area (Å²) in [6, 6.07) is 15.6. The molecule has 4 aliphatic carbocycles. The second kappa shape index (κ2) is 7.82. The van der Waals surface area contributed by atoms with E-state index in [0.29, 0.717) is 0 Å². The number of allylic oxidation sites excluding steroid dienone is 1. The molecule has 2 aromatic rings. The van der Waals surface area contributed by atoms with Crippen molar-refractivity contribution >= 4 is 28.9 Å². The van der Waals surface area contributed by atoms with Crippen molar-refractivity contribution in [1.82, 2.24) is 0 Å². The quantitative estimate of drug-likeness (QED) is 0.210. The summed E-state index contributed by atoms with van der Waals surface area (Å²) in [4.78, 5) is 57.1. The number of benzene rings is 2. The van der Waals surface area contributed by atoms with Gasteiger partial charge in [0.2, 0.25) is 0 Å². The normalized spacial score (nSPS) is 37.8. The zero-order valence-electron chi connectivity index (χ0n) is 21.4. The van der Waals surface area contributed by atoms with Crippen molar-refractivity contribution in [2.75, 3.05) is 0 Å². The molecular formula is C30H28O8. The van der Waals surface area contributed by atoms with Gasteiger partial charge in [0.25, 0.3) is 0 Å². The smallest absolute Gasteiger partial charge is 0.179 e. The van der Waals surface area contributed by atoms with Crippen LogP contribution in [-0.4, -0.2) is 54.8 Å². The molecule has 3 saturated carbocycles. The Bertz CT molecular complexity index is 1480. The van der Waals surface area contributed by atoms with E-state index in [1.54, 1.807) is 36.4 Å². The molecule has 0 spiro atoms. The van der Waals surface area contributed by atoms with E-state index in [9.17, 15) is 39.6 Å². The third-order valence-electron chi connectivity index (χ3n) is 8.95. The van der Waals surface area contributed by atoms with Crippen LogP contribution in [0, 0.1) is 22.7 Å². The Morgan fingerprint density at radius 1 is 0.789 bits per heavy atom. The average molecular weight is 517 g/mol.